The summed E-state index contributed by atoms with van der Waals surface area (Å²) in [7, 11) is 0. The Kier molecular flexibility index (Phi) is 5.32. The molecule has 1 atom stereocenters. The minimum absolute atomic E-state index is 0.279. The van der Waals surface area contributed by atoms with Crippen LogP contribution in [0.4, 0.5) is 14.9 Å². The molecule has 32 heavy (non-hydrogen) atoms. The molecule has 1 aliphatic rings. The van der Waals surface area contributed by atoms with Gasteiger partial charge < -0.3 is 9.72 Å². The number of hydrogen-bond acceptors (Lipinski definition) is 5. The smallest absolute Gasteiger partial charge is 0.414 e. The first-order chi connectivity index (χ1) is 15.6. The van der Waals surface area contributed by atoms with Crippen molar-refractivity contribution in [1.29, 1.82) is 0 Å². The number of hydrogen-bond donors (Lipinski definition) is 1. The zero-order valence-corrected chi connectivity index (χ0v) is 17.5. The van der Waals surface area contributed by atoms with Gasteiger partial charge in [-0.05, 0) is 29.3 Å². The number of carbonyl (C=O) groups is 1. The Bertz CT molecular complexity index is 1240. The van der Waals surface area contributed by atoms with Gasteiger partial charge in [0.25, 0.3) is 0 Å². The average Bonchev–Trinajstić information content (AvgIpc) is 3.55. The molecule has 1 fully saturated rings. The second-order valence-corrected chi connectivity index (χ2v) is 7.67. The van der Waals surface area contributed by atoms with Crippen LogP contribution < -0.4 is 4.90 Å². The molecule has 4 aromatic rings. The van der Waals surface area contributed by atoms with E-state index in [1.807, 2.05) is 24.3 Å². The Labute approximate surface area is 187 Å². The molecule has 3 heterocycles. The van der Waals surface area contributed by atoms with Gasteiger partial charge in [0.2, 0.25) is 0 Å². The van der Waals surface area contributed by atoms with Gasteiger partial charge in [-0.3, -0.25) is 4.90 Å². The number of nitrogens with one attached hydrogen (secondary N) is 1. The molecule has 0 radical (unpaired) electrons. The highest BCUT2D eigenvalue weighted by Gasteiger charge is 2.33. The Morgan fingerprint density at radius 3 is 2.78 bits per heavy atom. The quantitative estimate of drug-likeness (QED) is 0.442. The van der Waals surface area contributed by atoms with Crippen LogP contribution >= 0.6 is 11.6 Å². The lowest BCUT2D eigenvalue weighted by Crippen LogP contribution is -2.26. The highest BCUT2D eigenvalue weighted by Crippen LogP contribution is 2.29. The van der Waals surface area contributed by atoms with Gasteiger partial charge in [-0.15, -0.1) is 16.7 Å². The molecule has 0 saturated carbocycles. The fraction of sp³-hybridized carbons (Fsp3) is 0.182. The summed E-state index contributed by atoms with van der Waals surface area (Å²) in [6.07, 6.45) is 3.99. The molecule has 162 valence electrons. The zero-order chi connectivity index (χ0) is 22.1. The number of H-pyrrole nitrogens is 1. The number of cyclic esters (lactones) is 1. The van der Waals surface area contributed by atoms with Gasteiger partial charge in [0, 0.05) is 11.4 Å². The number of alkyl halides is 1. The lowest BCUT2D eigenvalue weighted by molar-refractivity contribution is 0.129. The van der Waals surface area contributed by atoms with Gasteiger partial charge in [-0.1, -0.05) is 29.5 Å². The summed E-state index contributed by atoms with van der Waals surface area (Å²) in [6, 6.07) is 12.1. The average molecular weight is 453 g/mol. The van der Waals surface area contributed by atoms with Crippen molar-refractivity contribution in [2.24, 2.45) is 0 Å². The van der Waals surface area contributed by atoms with E-state index in [0.717, 1.165) is 16.8 Å². The fourth-order valence-corrected chi connectivity index (χ4v) is 3.80. The summed E-state index contributed by atoms with van der Waals surface area (Å²) in [5.41, 5.74) is 3.97. The summed E-state index contributed by atoms with van der Waals surface area (Å²) in [5.74, 6) is -0.0169. The number of imidazole rings is 1. The first kappa shape index (κ1) is 20.2. The molecule has 1 unspecified atom stereocenters. The molecule has 5 rings (SSSR count). The van der Waals surface area contributed by atoms with Gasteiger partial charge in [0.05, 0.1) is 43.2 Å². The first-order valence-electron chi connectivity index (χ1n) is 9.92. The molecule has 1 N–H and O–H groups in total. The topological polar surface area (TPSA) is 88.9 Å². The zero-order valence-electron chi connectivity index (χ0n) is 16.8. The number of benzene rings is 2. The van der Waals surface area contributed by atoms with Crippen molar-refractivity contribution in [1.82, 2.24) is 25.0 Å². The second kappa shape index (κ2) is 8.43. The number of rotatable bonds is 6. The van der Waals surface area contributed by atoms with Crippen LogP contribution in [0.15, 0.2) is 61.2 Å². The first-order valence-corrected chi connectivity index (χ1v) is 10.5. The standard InChI is InChI=1S/C22H18ClFN6O2/c23-8-14-1-3-15(4-2-14)18-6-5-16(7-19(18)24)30-11-17(32-22(30)31)10-29-12-21(27-28-29)20-9-25-13-26-20/h1-7,9,12-13,17H,8,10-11H2,(H,25,26). The lowest BCUT2D eigenvalue weighted by atomic mass is 10.0. The van der Waals surface area contributed by atoms with Crippen molar-refractivity contribution < 1.29 is 13.9 Å². The van der Waals surface area contributed by atoms with Crippen molar-refractivity contribution in [3.05, 3.63) is 72.6 Å². The van der Waals surface area contributed by atoms with Gasteiger partial charge in [-0.2, -0.15) is 0 Å². The monoisotopic (exact) mass is 452 g/mol. The van der Waals surface area contributed by atoms with Crippen LogP contribution in [0.25, 0.3) is 22.5 Å². The lowest BCUT2D eigenvalue weighted by Gasteiger charge is -2.14. The number of aromatic nitrogens is 5. The van der Waals surface area contributed by atoms with Crippen molar-refractivity contribution >= 4 is 23.4 Å². The summed E-state index contributed by atoms with van der Waals surface area (Å²) >= 11 is 5.81. The van der Waals surface area contributed by atoms with Crippen molar-refractivity contribution in [2.45, 2.75) is 18.5 Å². The Hall–Kier alpha value is -3.72. The number of ether oxygens (including phenoxy) is 1. The summed E-state index contributed by atoms with van der Waals surface area (Å²) in [6.45, 7) is 0.609. The Morgan fingerprint density at radius 1 is 1.22 bits per heavy atom. The molecule has 0 aliphatic carbocycles. The summed E-state index contributed by atoms with van der Waals surface area (Å²) < 4.78 is 21.9. The van der Waals surface area contributed by atoms with Gasteiger partial charge in [0.15, 0.2) is 0 Å². The third kappa shape index (κ3) is 3.94. The minimum Gasteiger partial charge on any atom is -0.442 e. The Morgan fingerprint density at radius 2 is 2.06 bits per heavy atom. The maximum Gasteiger partial charge on any atom is 0.414 e. The van der Waals surface area contributed by atoms with E-state index in [4.69, 9.17) is 16.3 Å². The van der Waals surface area contributed by atoms with Crippen LogP contribution in [0.1, 0.15) is 5.56 Å². The number of halogens is 2. The van der Waals surface area contributed by atoms with Gasteiger partial charge >= 0.3 is 6.09 Å². The molecular formula is C22H18ClFN6O2. The van der Waals surface area contributed by atoms with Crippen LogP contribution in [0, 0.1) is 5.82 Å². The molecule has 10 heteroatoms. The van der Waals surface area contributed by atoms with E-state index in [-0.39, 0.29) is 6.54 Å². The predicted octanol–water partition coefficient (Wildman–Crippen LogP) is 4.24. The predicted molar refractivity (Wildman–Crippen MR) is 117 cm³/mol. The number of nitrogens with zero attached hydrogens (tertiary/aromatic N) is 5. The molecule has 8 nitrogen and oxygen atoms in total. The van der Waals surface area contributed by atoms with Gasteiger partial charge in [0.1, 0.15) is 17.6 Å². The van der Waals surface area contributed by atoms with E-state index in [0.29, 0.717) is 29.4 Å². The molecule has 0 spiro atoms. The van der Waals surface area contributed by atoms with Crippen LogP contribution in [-0.4, -0.2) is 43.7 Å². The highest BCUT2D eigenvalue weighted by molar-refractivity contribution is 6.17. The van der Waals surface area contributed by atoms with E-state index in [9.17, 15) is 9.18 Å². The van der Waals surface area contributed by atoms with E-state index < -0.39 is 18.0 Å². The fourth-order valence-electron chi connectivity index (χ4n) is 3.62. The number of carbonyl (C=O) groups excluding carboxylic acids is 1. The number of amides is 1. The van der Waals surface area contributed by atoms with Gasteiger partial charge in [-0.25, -0.2) is 18.9 Å². The molecule has 1 saturated heterocycles. The second-order valence-electron chi connectivity index (χ2n) is 7.40. The minimum atomic E-state index is -0.525. The molecule has 2 aromatic carbocycles. The summed E-state index contributed by atoms with van der Waals surface area (Å²) in [5, 5.41) is 8.16. The third-order valence-electron chi connectivity index (χ3n) is 5.26. The van der Waals surface area contributed by atoms with E-state index in [2.05, 4.69) is 20.3 Å². The largest absolute Gasteiger partial charge is 0.442 e. The van der Waals surface area contributed by atoms with Crippen LogP contribution in [0.2, 0.25) is 0 Å². The van der Waals surface area contributed by atoms with Crippen LogP contribution in [0.3, 0.4) is 0 Å². The molecule has 1 aliphatic heterocycles. The molecule has 0 bridgehead atoms. The SMILES string of the molecule is O=C1OC(Cn2cc(-c3cnc[nH]3)nn2)CN1c1ccc(-c2ccc(CCl)cc2)c(F)c1. The van der Waals surface area contributed by atoms with Crippen LogP contribution in [-0.2, 0) is 17.2 Å². The maximum absolute atomic E-state index is 14.8. The molecule has 1 amide bonds. The third-order valence-corrected chi connectivity index (χ3v) is 5.57. The number of aromatic amines is 1. The van der Waals surface area contributed by atoms with E-state index >= 15 is 0 Å². The van der Waals surface area contributed by atoms with E-state index in [1.54, 1.807) is 35.5 Å². The molecular weight excluding hydrogens is 435 g/mol. The van der Waals surface area contributed by atoms with Crippen molar-refractivity contribution in [2.75, 3.05) is 11.4 Å². The Balaban J connectivity index is 1.29. The maximum atomic E-state index is 14.8. The van der Waals surface area contributed by atoms with Crippen LogP contribution in [0.5, 0.6) is 0 Å². The molecule has 2 aromatic heterocycles. The van der Waals surface area contributed by atoms with E-state index in [1.165, 1.54) is 11.0 Å². The highest BCUT2D eigenvalue weighted by atomic mass is 35.5. The normalized spacial score (nSPS) is 15.9. The number of anilines is 1. The van der Waals surface area contributed by atoms with Crippen molar-refractivity contribution in [3.63, 3.8) is 0 Å². The summed E-state index contributed by atoms with van der Waals surface area (Å²) in [4.78, 5) is 20.8. The van der Waals surface area contributed by atoms with Crippen molar-refractivity contribution in [3.8, 4) is 22.5 Å².